The Labute approximate surface area is 183 Å². The van der Waals surface area contributed by atoms with E-state index >= 15 is 0 Å². The Morgan fingerprint density at radius 3 is 2.19 bits per heavy atom. The zero-order chi connectivity index (χ0) is 22.9. The quantitative estimate of drug-likeness (QED) is 0.730. The number of nitrogens with zero attached hydrogens (tertiary/aromatic N) is 3. The molecule has 2 aromatic carbocycles. The fourth-order valence-corrected chi connectivity index (χ4v) is 4.12. The Kier molecular flexibility index (Phi) is 5.90. The molecule has 2 aliphatic heterocycles. The van der Waals surface area contributed by atoms with Gasteiger partial charge in [-0.1, -0.05) is 24.3 Å². The van der Waals surface area contributed by atoms with E-state index in [0.717, 1.165) is 12.1 Å². The molecule has 168 valence electrons. The van der Waals surface area contributed by atoms with Gasteiger partial charge in [0.15, 0.2) is 0 Å². The van der Waals surface area contributed by atoms with Crippen molar-refractivity contribution in [2.45, 2.75) is 12.6 Å². The van der Waals surface area contributed by atoms with Crippen LogP contribution in [0.15, 0.2) is 54.6 Å². The number of hydrogen-bond acceptors (Lipinski definition) is 3. The van der Waals surface area contributed by atoms with Gasteiger partial charge in [0, 0.05) is 50.4 Å². The first-order valence-corrected chi connectivity index (χ1v) is 10.3. The molecule has 0 N–H and O–H groups in total. The van der Waals surface area contributed by atoms with Crippen molar-refractivity contribution < 1.29 is 27.6 Å². The van der Waals surface area contributed by atoms with Crippen molar-refractivity contribution in [2.75, 3.05) is 37.6 Å². The Bertz CT molecular complexity index is 1020. The van der Waals surface area contributed by atoms with Gasteiger partial charge in [0.05, 0.1) is 11.5 Å². The van der Waals surface area contributed by atoms with Gasteiger partial charge < -0.3 is 14.7 Å². The van der Waals surface area contributed by atoms with Crippen LogP contribution in [0, 0.1) is 5.92 Å². The molecule has 3 amide bonds. The summed E-state index contributed by atoms with van der Waals surface area (Å²) in [6, 6.07) is 13.5. The van der Waals surface area contributed by atoms with Crippen LogP contribution >= 0.6 is 0 Å². The molecule has 2 aromatic rings. The second-order valence-electron chi connectivity index (χ2n) is 7.94. The summed E-state index contributed by atoms with van der Waals surface area (Å²) in [7, 11) is 0. The summed E-state index contributed by atoms with van der Waals surface area (Å²) in [5.74, 6) is -1.29. The minimum Gasteiger partial charge on any atom is -0.339 e. The molecule has 2 aliphatic rings. The smallest absolute Gasteiger partial charge is 0.339 e. The highest BCUT2D eigenvalue weighted by Crippen LogP contribution is 2.33. The third-order valence-electron chi connectivity index (χ3n) is 5.86. The van der Waals surface area contributed by atoms with E-state index in [9.17, 15) is 27.6 Å². The maximum absolute atomic E-state index is 13.0. The molecule has 2 heterocycles. The standard InChI is InChI=1S/C23H22F3N3O3/c24-23(25,26)18-7-4-8-19(14-18)29-15-17(13-20(29)30)22(32)28-11-9-27(10-12-28)21(31)16-5-2-1-3-6-16/h1-8,14,17H,9-13,15H2/t17-/m1/s1. The largest absolute Gasteiger partial charge is 0.416 e. The number of amides is 3. The summed E-state index contributed by atoms with van der Waals surface area (Å²) in [6.45, 7) is 1.52. The van der Waals surface area contributed by atoms with E-state index in [-0.39, 0.29) is 36.4 Å². The Hall–Kier alpha value is -3.36. The lowest BCUT2D eigenvalue weighted by Gasteiger charge is -2.36. The maximum atomic E-state index is 13.0. The highest BCUT2D eigenvalue weighted by molar-refractivity contribution is 6.00. The summed E-state index contributed by atoms with van der Waals surface area (Å²) in [5, 5.41) is 0. The molecule has 9 heteroatoms. The van der Waals surface area contributed by atoms with Crippen LogP contribution in [0.2, 0.25) is 0 Å². The molecule has 0 bridgehead atoms. The molecule has 2 fully saturated rings. The van der Waals surface area contributed by atoms with Crippen LogP contribution in [0.25, 0.3) is 0 Å². The lowest BCUT2D eigenvalue weighted by atomic mass is 10.1. The molecule has 0 aromatic heterocycles. The number of carbonyl (C=O) groups is 3. The Morgan fingerprint density at radius 2 is 1.53 bits per heavy atom. The first kappa shape index (κ1) is 21.9. The number of alkyl halides is 3. The molecule has 32 heavy (non-hydrogen) atoms. The van der Waals surface area contributed by atoms with Crippen LogP contribution in [-0.2, 0) is 15.8 Å². The van der Waals surface area contributed by atoms with Gasteiger partial charge in [-0.2, -0.15) is 13.2 Å². The molecule has 6 nitrogen and oxygen atoms in total. The number of benzene rings is 2. The van der Waals surface area contributed by atoms with E-state index in [2.05, 4.69) is 0 Å². The molecule has 0 aliphatic carbocycles. The second-order valence-corrected chi connectivity index (χ2v) is 7.94. The maximum Gasteiger partial charge on any atom is 0.416 e. The van der Waals surface area contributed by atoms with E-state index in [1.165, 1.54) is 17.0 Å². The predicted octanol–water partition coefficient (Wildman–Crippen LogP) is 3.04. The van der Waals surface area contributed by atoms with E-state index in [1.807, 2.05) is 6.07 Å². The molecular formula is C23H22F3N3O3. The molecule has 4 rings (SSSR count). The summed E-state index contributed by atoms with van der Waals surface area (Å²) in [4.78, 5) is 42.5. The van der Waals surface area contributed by atoms with Crippen molar-refractivity contribution in [3.05, 3.63) is 65.7 Å². The predicted molar refractivity (Wildman–Crippen MR) is 111 cm³/mol. The summed E-state index contributed by atoms with van der Waals surface area (Å²) in [5.41, 5.74) is -0.111. The molecule has 0 spiro atoms. The lowest BCUT2D eigenvalue weighted by molar-refractivity contribution is -0.138. The van der Waals surface area contributed by atoms with Crippen LogP contribution < -0.4 is 4.90 Å². The molecule has 2 saturated heterocycles. The number of rotatable bonds is 3. The van der Waals surface area contributed by atoms with Crippen LogP contribution in [-0.4, -0.2) is 60.2 Å². The number of hydrogen-bond donors (Lipinski definition) is 0. The highest BCUT2D eigenvalue weighted by atomic mass is 19.4. The van der Waals surface area contributed by atoms with Crippen LogP contribution in [0.4, 0.5) is 18.9 Å². The van der Waals surface area contributed by atoms with Gasteiger partial charge in [-0.15, -0.1) is 0 Å². The van der Waals surface area contributed by atoms with Crippen LogP contribution in [0.3, 0.4) is 0 Å². The van der Waals surface area contributed by atoms with Crippen LogP contribution in [0.1, 0.15) is 22.3 Å². The number of halogens is 3. The first-order valence-electron chi connectivity index (χ1n) is 10.3. The van der Waals surface area contributed by atoms with Gasteiger partial charge in [0.25, 0.3) is 5.91 Å². The fraction of sp³-hybridized carbons (Fsp3) is 0.348. The van der Waals surface area contributed by atoms with Gasteiger partial charge >= 0.3 is 6.18 Å². The van der Waals surface area contributed by atoms with E-state index < -0.39 is 17.7 Å². The van der Waals surface area contributed by atoms with E-state index in [0.29, 0.717) is 31.7 Å². The average molecular weight is 445 g/mol. The van der Waals surface area contributed by atoms with E-state index in [1.54, 1.807) is 34.1 Å². The third-order valence-corrected chi connectivity index (χ3v) is 5.86. The minimum absolute atomic E-state index is 0.0434. The fourth-order valence-electron chi connectivity index (χ4n) is 4.12. The Morgan fingerprint density at radius 1 is 0.875 bits per heavy atom. The molecule has 0 radical (unpaired) electrons. The summed E-state index contributed by atoms with van der Waals surface area (Å²) in [6.07, 6.45) is -4.55. The van der Waals surface area contributed by atoms with Crippen molar-refractivity contribution in [3.63, 3.8) is 0 Å². The van der Waals surface area contributed by atoms with Crippen molar-refractivity contribution in [1.82, 2.24) is 9.80 Å². The zero-order valence-electron chi connectivity index (χ0n) is 17.2. The third kappa shape index (κ3) is 4.46. The van der Waals surface area contributed by atoms with Gasteiger partial charge in [-0.25, -0.2) is 0 Å². The molecule has 0 saturated carbocycles. The lowest BCUT2D eigenvalue weighted by Crippen LogP contribution is -2.52. The van der Waals surface area contributed by atoms with E-state index in [4.69, 9.17) is 0 Å². The average Bonchev–Trinajstić information content (AvgIpc) is 3.20. The van der Waals surface area contributed by atoms with Crippen molar-refractivity contribution in [1.29, 1.82) is 0 Å². The van der Waals surface area contributed by atoms with Crippen molar-refractivity contribution in [3.8, 4) is 0 Å². The highest BCUT2D eigenvalue weighted by Gasteiger charge is 2.39. The topological polar surface area (TPSA) is 60.9 Å². The van der Waals surface area contributed by atoms with Gasteiger partial charge in [0.1, 0.15) is 0 Å². The summed E-state index contributed by atoms with van der Waals surface area (Å²) < 4.78 is 39.0. The molecular weight excluding hydrogens is 423 g/mol. The zero-order valence-corrected chi connectivity index (χ0v) is 17.2. The summed E-state index contributed by atoms with van der Waals surface area (Å²) >= 11 is 0. The van der Waals surface area contributed by atoms with Gasteiger partial charge in [0.2, 0.25) is 11.8 Å². The van der Waals surface area contributed by atoms with Crippen molar-refractivity contribution in [2.24, 2.45) is 5.92 Å². The monoisotopic (exact) mass is 445 g/mol. The van der Waals surface area contributed by atoms with Gasteiger partial charge in [-0.3, -0.25) is 14.4 Å². The van der Waals surface area contributed by atoms with Crippen molar-refractivity contribution >= 4 is 23.4 Å². The van der Waals surface area contributed by atoms with Crippen LogP contribution in [0.5, 0.6) is 0 Å². The normalized spacial score (nSPS) is 19.4. The first-order chi connectivity index (χ1) is 15.2. The SMILES string of the molecule is O=C(c1ccccc1)N1CCN(C(=O)[C@@H]2CC(=O)N(c3cccc(C(F)(F)F)c3)C2)CC1. The molecule has 0 unspecified atom stereocenters. The Balaban J connectivity index is 1.37. The number of piperazine rings is 1. The molecule has 1 atom stereocenters. The second kappa shape index (κ2) is 8.64. The van der Waals surface area contributed by atoms with Gasteiger partial charge in [-0.05, 0) is 30.3 Å². The number of anilines is 1. The number of carbonyl (C=O) groups excluding carboxylic acids is 3. The minimum atomic E-state index is -4.51.